The van der Waals surface area contributed by atoms with E-state index in [1.54, 1.807) is 52.0 Å². The van der Waals surface area contributed by atoms with Crippen LogP contribution in [0.3, 0.4) is 0 Å². The fourth-order valence-electron chi connectivity index (χ4n) is 3.54. The lowest BCUT2D eigenvalue weighted by molar-refractivity contribution is -0.165. The highest BCUT2D eigenvalue weighted by Gasteiger charge is 2.49. The fourth-order valence-corrected chi connectivity index (χ4v) is 3.54. The molecule has 4 atom stereocenters. The normalized spacial score (nSPS) is 26.5. The lowest BCUT2D eigenvalue weighted by Crippen LogP contribution is -2.45. The molecule has 1 heterocycles. The Morgan fingerprint density at radius 2 is 1.79 bits per heavy atom. The van der Waals surface area contributed by atoms with Gasteiger partial charge in [0.2, 0.25) is 0 Å². The quantitative estimate of drug-likeness (QED) is 0.212. The number of ether oxygens (including phenoxy) is 3. The smallest absolute Gasteiger partial charge is 0.334 e. The summed E-state index contributed by atoms with van der Waals surface area (Å²) in [6, 6.07) is 0. The van der Waals surface area contributed by atoms with Gasteiger partial charge in [0.1, 0.15) is 12.4 Å². The predicted octanol–water partition coefficient (Wildman–Crippen LogP) is 2.68. The number of rotatable bonds is 6. The molecule has 33 heavy (non-hydrogen) atoms. The van der Waals surface area contributed by atoms with Crippen LogP contribution in [0.1, 0.15) is 40.5 Å². The molecule has 0 bridgehead atoms. The van der Waals surface area contributed by atoms with Gasteiger partial charge in [-0.1, -0.05) is 24.8 Å². The maximum absolute atomic E-state index is 12.7. The van der Waals surface area contributed by atoms with Gasteiger partial charge < -0.3 is 19.3 Å². The molecule has 4 unspecified atom stereocenters. The third-order valence-corrected chi connectivity index (χ3v) is 5.81. The van der Waals surface area contributed by atoms with E-state index >= 15 is 0 Å². The van der Waals surface area contributed by atoms with E-state index in [-0.39, 0.29) is 23.3 Å². The predicted molar refractivity (Wildman–Crippen MR) is 120 cm³/mol. The van der Waals surface area contributed by atoms with Crippen LogP contribution >= 0.6 is 0 Å². The van der Waals surface area contributed by atoms with Crippen LogP contribution in [0.5, 0.6) is 0 Å². The van der Waals surface area contributed by atoms with Crippen LogP contribution < -0.4 is 0 Å². The minimum Gasteiger partial charge on any atom is -0.454 e. The van der Waals surface area contributed by atoms with Gasteiger partial charge in [0.25, 0.3) is 0 Å². The third-order valence-electron chi connectivity index (χ3n) is 5.81. The molecular formula is C25H30O8. The van der Waals surface area contributed by atoms with Gasteiger partial charge in [-0.3, -0.25) is 4.79 Å². The summed E-state index contributed by atoms with van der Waals surface area (Å²) in [6.07, 6.45) is 4.03. The maximum atomic E-state index is 12.7. The molecular weight excluding hydrogens is 428 g/mol. The Labute approximate surface area is 193 Å². The molecule has 0 aromatic heterocycles. The first-order chi connectivity index (χ1) is 15.7. The second-order valence-electron chi connectivity index (χ2n) is 7.90. The summed E-state index contributed by atoms with van der Waals surface area (Å²) in [5, 5.41) is 9.73. The van der Waals surface area contributed by atoms with E-state index in [4.69, 9.17) is 14.2 Å². The van der Waals surface area contributed by atoms with Gasteiger partial charge in [0.15, 0.2) is 12.2 Å². The second-order valence-corrected chi connectivity index (χ2v) is 7.90. The van der Waals surface area contributed by atoms with Crippen LogP contribution in [0.2, 0.25) is 0 Å². The first-order valence-corrected chi connectivity index (χ1v) is 10.7. The van der Waals surface area contributed by atoms with E-state index in [1.165, 1.54) is 0 Å². The Bertz CT molecular complexity index is 949. The molecule has 0 amide bonds. The molecule has 1 aliphatic heterocycles. The zero-order valence-electron chi connectivity index (χ0n) is 19.3. The summed E-state index contributed by atoms with van der Waals surface area (Å²) in [7, 11) is 0. The lowest BCUT2D eigenvalue weighted by atomic mass is 9.83. The Morgan fingerprint density at radius 3 is 2.33 bits per heavy atom. The minimum absolute atomic E-state index is 0.0131. The SMILES string of the molecule is C=C1C(=O)OC2C=C(CO)CCC=C(C=O)C(OC(=O)C(C)=CC)C(OC(=O)C(C)=CC)C12. The van der Waals surface area contributed by atoms with Gasteiger partial charge in [-0.2, -0.15) is 0 Å². The van der Waals surface area contributed by atoms with Gasteiger partial charge >= 0.3 is 17.9 Å². The van der Waals surface area contributed by atoms with Crippen LogP contribution in [0.25, 0.3) is 0 Å². The Kier molecular flexibility index (Phi) is 9.11. The minimum atomic E-state index is -1.30. The van der Waals surface area contributed by atoms with Gasteiger partial charge in [0, 0.05) is 22.3 Å². The lowest BCUT2D eigenvalue weighted by Gasteiger charge is -2.33. The Hall–Kier alpha value is -3.26. The van der Waals surface area contributed by atoms with Crippen molar-refractivity contribution >= 4 is 24.2 Å². The number of aliphatic hydroxyl groups is 1. The van der Waals surface area contributed by atoms with Crippen molar-refractivity contribution in [2.24, 2.45) is 5.92 Å². The number of esters is 3. The number of carbonyl (C=O) groups excluding carboxylic acids is 4. The number of aliphatic hydroxyl groups excluding tert-OH is 1. The average Bonchev–Trinajstić information content (AvgIpc) is 3.09. The molecule has 0 saturated carbocycles. The van der Waals surface area contributed by atoms with Gasteiger partial charge in [-0.25, -0.2) is 14.4 Å². The van der Waals surface area contributed by atoms with E-state index in [0.29, 0.717) is 30.3 Å². The van der Waals surface area contributed by atoms with Crippen LogP contribution in [0.15, 0.2) is 58.7 Å². The number of carbonyl (C=O) groups is 4. The van der Waals surface area contributed by atoms with Crippen LogP contribution in [0.4, 0.5) is 0 Å². The molecule has 2 aliphatic rings. The van der Waals surface area contributed by atoms with E-state index in [1.807, 2.05) is 0 Å². The summed E-state index contributed by atoms with van der Waals surface area (Å²) in [5.74, 6) is -3.05. The zero-order valence-corrected chi connectivity index (χ0v) is 19.3. The van der Waals surface area contributed by atoms with Crippen molar-refractivity contribution in [3.8, 4) is 0 Å². The molecule has 0 spiro atoms. The molecule has 1 aliphatic carbocycles. The topological polar surface area (TPSA) is 116 Å². The van der Waals surface area contributed by atoms with Gasteiger partial charge in [-0.05, 0) is 52.2 Å². The zero-order chi connectivity index (χ0) is 24.7. The molecule has 1 fully saturated rings. The van der Waals surface area contributed by atoms with E-state index in [2.05, 4.69) is 6.58 Å². The largest absolute Gasteiger partial charge is 0.454 e. The van der Waals surface area contributed by atoms with Crippen molar-refractivity contribution in [1.29, 1.82) is 0 Å². The van der Waals surface area contributed by atoms with E-state index in [0.717, 1.165) is 0 Å². The first kappa shape index (κ1) is 26.0. The molecule has 1 N–H and O–H groups in total. The molecule has 2 rings (SSSR count). The van der Waals surface area contributed by atoms with Crippen LogP contribution in [-0.4, -0.2) is 54.2 Å². The van der Waals surface area contributed by atoms with Crippen molar-refractivity contribution in [2.45, 2.75) is 58.8 Å². The average molecular weight is 459 g/mol. The molecule has 1 saturated heterocycles. The van der Waals surface area contributed by atoms with E-state index < -0.39 is 42.1 Å². The molecule has 8 heteroatoms. The van der Waals surface area contributed by atoms with Gasteiger partial charge in [0.05, 0.1) is 12.5 Å². The van der Waals surface area contributed by atoms with Crippen molar-refractivity contribution < 1.29 is 38.5 Å². The van der Waals surface area contributed by atoms with Crippen molar-refractivity contribution in [3.05, 3.63) is 58.7 Å². The standard InChI is InChI=1S/C25H30O8/c1-6-14(3)23(28)32-21-18(13-27)10-8-9-17(12-26)11-19-20(16(5)25(30)31-19)22(21)33-24(29)15(4)7-2/h6-7,10-11,13,19-22,26H,5,8-9,12H2,1-4H3. The van der Waals surface area contributed by atoms with Crippen molar-refractivity contribution in [1.82, 2.24) is 0 Å². The highest BCUT2D eigenvalue weighted by Crippen LogP contribution is 2.37. The monoisotopic (exact) mass is 458 g/mol. The highest BCUT2D eigenvalue weighted by molar-refractivity contribution is 5.92. The van der Waals surface area contributed by atoms with Crippen LogP contribution in [0, 0.1) is 5.92 Å². The Morgan fingerprint density at radius 1 is 1.18 bits per heavy atom. The number of aldehydes is 1. The summed E-state index contributed by atoms with van der Waals surface area (Å²) < 4.78 is 16.9. The van der Waals surface area contributed by atoms with Crippen molar-refractivity contribution in [2.75, 3.05) is 6.61 Å². The number of hydrogen-bond donors (Lipinski definition) is 1. The second kappa shape index (κ2) is 11.6. The van der Waals surface area contributed by atoms with Crippen molar-refractivity contribution in [3.63, 3.8) is 0 Å². The first-order valence-electron chi connectivity index (χ1n) is 10.7. The molecule has 0 radical (unpaired) electrons. The molecule has 0 aromatic rings. The Balaban J connectivity index is 2.69. The number of hydrogen-bond acceptors (Lipinski definition) is 8. The third kappa shape index (κ3) is 5.96. The molecule has 8 nitrogen and oxygen atoms in total. The maximum Gasteiger partial charge on any atom is 0.334 e. The van der Waals surface area contributed by atoms with Crippen LogP contribution in [-0.2, 0) is 33.4 Å². The highest BCUT2D eigenvalue weighted by atomic mass is 16.6. The fraction of sp³-hybridized carbons (Fsp3) is 0.440. The number of allylic oxidation sites excluding steroid dienone is 3. The van der Waals surface area contributed by atoms with E-state index in [9.17, 15) is 24.3 Å². The molecule has 0 aromatic carbocycles. The summed E-state index contributed by atoms with van der Waals surface area (Å²) >= 11 is 0. The number of fused-ring (bicyclic) bond motifs is 1. The summed E-state index contributed by atoms with van der Waals surface area (Å²) in [6.45, 7) is 9.95. The van der Waals surface area contributed by atoms with Gasteiger partial charge in [-0.15, -0.1) is 0 Å². The summed E-state index contributed by atoms with van der Waals surface area (Å²) in [5.41, 5.74) is 1.26. The summed E-state index contributed by atoms with van der Waals surface area (Å²) in [4.78, 5) is 49.9. The molecule has 178 valence electrons.